The Balaban J connectivity index is 1.75. The highest BCUT2D eigenvalue weighted by molar-refractivity contribution is 5.75. The molecule has 0 unspecified atom stereocenters. The third kappa shape index (κ3) is 5.51. The first-order valence-corrected chi connectivity index (χ1v) is 7.58. The summed E-state index contributed by atoms with van der Waals surface area (Å²) in [5.74, 6) is 0.842. The van der Waals surface area contributed by atoms with Crippen molar-refractivity contribution in [1.29, 1.82) is 0 Å². The van der Waals surface area contributed by atoms with E-state index in [0.717, 1.165) is 23.3 Å². The van der Waals surface area contributed by atoms with Crippen LogP contribution in [0.25, 0.3) is 6.08 Å². The summed E-state index contributed by atoms with van der Waals surface area (Å²) in [5.41, 5.74) is 3.32. The van der Waals surface area contributed by atoms with E-state index in [1.165, 1.54) is 5.56 Å². The van der Waals surface area contributed by atoms with Crippen molar-refractivity contribution in [2.75, 3.05) is 13.7 Å². The zero-order chi connectivity index (χ0) is 16.5. The number of carbonyl (C=O) groups excluding carboxylic acids is 1. The van der Waals surface area contributed by atoms with Gasteiger partial charge in [0.1, 0.15) is 5.75 Å². The van der Waals surface area contributed by atoms with Crippen molar-refractivity contribution in [3.63, 3.8) is 0 Å². The first kappa shape index (κ1) is 16.6. The number of rotatable bonds is 6. The van der Waals surface area contributed by atoms with Gasteiger partial charge in [-0.1, -0.05) is 48.0 Å². The Morgan fingerprint density at radius 3 is 2.78 bits per heavy atom. The number of hydrogen-bond acceptors (Lipinski definition) is 2. The number of carbonyl (C=O) groups is 1. The van der Waals surface area contributed by atoms with E-state index in [9.17, 15) is 4.79 Å². The summed E-state index contributed by atoms with van der Waals surface area (Å²) in [6.07, 6.45) is 4.24. The lowest BCUT2D eigenvalue weighted by atomic mass is 10.1. The highest BCUT2D eigenvalue weighted by Crippen LogP contribution is 2.17. The van der Waals surface area contributed by atoms with Crippen LogP contribution in [0, 0.1) is 6.92 Å². The number of ether oxygens (including phenoxy) is 1. The van der Waals surface area contributed by atoms with Crippen molar-refractivity contribution >= 4 is 12.1 Å². The predicted molar refractivity (Wildman–Crippen MR) is 93.4 cm³/mol. The van der Waals surface area contributed by atoms with Crippen LogP contribution >= 0.6 is 0 Å². The fourth-order valence-electron chi connectivity index (χ4n) is 2.26. The van der Waals surface area contributed by atoms with Crippen LogP contribution in [0.5, 0.6) is 5.75 Å². The Morgan fingerprint density at radius 2 is 2.00 bits per heavy atom. The topological polar surface area (TPSA) is 50.4 Å². The van der Waals surface area contributed by atoms with Crippen LogP contribution in [-0.2, 0) is 6.42 Å². The summed E-state index contributed by atoms with van der Waals surface area (Å²) >= 11 is 0. The number of para-hydroxylation sites is 1. The molecular weight excluding hydrogens is 288 g/mol. The van der Waals surface area contributed by atoms with E-state index >= 15 is 0 Å². The number of hydrogen-bond donors (Lipinski definition) is 2. The van der Waals surface area contributed by atoms with Crippen molar-refractivity contribution in [2.45, 2.75) is 13.3 Å². The Kier molecular flexibility index (Phi) is 6.24. The molecule has 0 aromatic heterocycles. The SMILES string of the molecule is COc1ccccc1CCNC(=O)N/C=C/c1cccc(C)c1. The maximum absolute atomic E-state index is 11.7. The van der Waals surface area contributed by atoms with Crippen molar-refractivity contribution < 1.29 is 9.53 Å². The molecule has 0 atom stereocenters. The highest BCUT2D eigenvalue weighted by atomic mass is 16.5. The minimum absolute atomic E-state index is 0.219. The lowest BCUT2D eigenvalue weighted by Gasteiger charge is -2.08. The van der Waals surface area contributed by atoms with Crippen molar-refractivity contribution in [3.8, 4) is 5.75 Å². The van der Waals surface area contributed by atoms with Crippen LogP contribution in [0.1, 0.15) is 16.7 Å². The summed E-state index contributed by atoms with van der Waals surface area (Å²) < 4.78 is 5.29. The van der Waals surface area contributed by atoms with Gasteiger partial charge in [-0.2, -0.15) is 0 Å². The van der Waals surface area contributed by atoms with Gasteiger partial charge in [0.15, 0.2) is 0 Å². The van der Waals surface area contributed by atoms with Crippen LogP contribution < -0.4 is 15.4 Å². The second-order valence-electron chi connectivity index (χ2n) is 5.21. The Hall–Kier alpha value is -2.75. The number of methoxy groups -OCH3 is 1. The van der Waals surface area contributed by atoms with E-state index < -0.39 is 0 Å². The Morgan fingerprint density at radius 1 is 1.17 bits per heavy atom. The van der Waals surface area contributed by atoms with E-state index in [0.29, 0.717) is 6.54 Å². The van der Waals surface area contributed by atoms with Crippen LogP contribution in [0.15, 0.2) is 54.7 Å². The minimum Gasteiger partial charge on any atom is -0.496 e. The van der Waals surface area contributed by atoms with Gasteiger partial charge in [0, 0.05) is 12.7 Å². The molecule has 0 aliphatic heterocycles. The molecule has 23 heavy (non-hydrogen) atoms. The molecular formula is C19H22N2O2. The fraction of sp³-hybridized carbons (Fsp3) is 0.211. The van der Waals surface area contributed by atoms with Gasteiger partial charge in [-0.05, 0) is 36.6 Å². The number of benzene rings is 2. The molecule has 0 spiro atoms. The van der Waals surface area contributed by atoms with Gasteiger partial charge in [0.05, 0.1) is 7.11 Å². The monoisotopic (exact) mass is 310 g/mol. The third-order valence-electron chi connectivity index (χ3n) is 3.40. The minimum atomic E-state index is -0.219. The molecule has 4 heteroatoms. The first-order valence-electron chi connectivity index (χ1n) is 7.58. The second kappa shape index (κ2) is 8.63. The zero-order valence-corrected chi connectivity index (χ0v) is 13.5. The van der Waals surface area contributed by atoms with E-state index in [1.54, 1.807) is 13.3 Å². The van der Waals surface area contributed by atoms with Crippen molar-refractivity contribution in [2.24, 2.45) is 0 Å². The van der Waals surface area contributed by atoms with Gasteiger partial charge in [-0.25, -0.2) is 4.79 Å². The van der Waals surface area contributed by atoms with E-state index in [2.05, 4.69) is 16.7 Å². The first-order chi connectivity index (χ1) is 11.2. The molecule has 0 bridgehead atoms. The molecule has 120 valence electrons. The Labute approximate surface area is 137 Å². The molecule has 2 N–H and O–H groups in total. The van der Waals surface area contributed by atoms with Crippen molar-refractivity contribution in [1.82, 2.24) is 10.6 Å². The molecule has 2 aromatic rings. The molecule has 0 heterocycles. The molecule has 2 amide bonds. The van der Waals surface area contributed by atoms with Gasteiger partial charge in [-0.15, -0.1) is 0 Å². The van der Waals surface area contributed by atoms with E-state index in [-0.39, 0.29) is 6.03 Å². The fourth-order valence-corrected chi connectivity index (χ4v) is 2.26. The predicted octanol–water partition coefficient (Wildman–Crippen LogP) is 3.52. The lowest BCUT2D eigenvalue weighted by molar-refractivity contribution is 0.244. The van der Waals surface area contributed by atoms with Gasteiger partial charge in [0.25, 0.3) is 0 Å². The van der Waals surface area contributed by atoms with Gasteiger partial charge in [-0.3, -0.25) is 0 Å². The smallest absolute Gasteiger partial charge is 0.318 e. The van der Waals surface area contributed by atoms with Gasteiger partial charge < -0.3 is 15.4 Å². The lowest BCUT2D eigenvalue weighted by Crippen LogP contribution is -2.33. The average Bonchev–Trinajstić information content (AvgIpc) is 2.55. The molecule has 0 aliphatic rings. The number of aryl methyl sites for hydroxylation is 1. The number of amides is 2. The molecule has 4 nitrogen and oxygen atoms in total. The standard InChI is InChI=1S/C19H22N2O2/c1-15-6-5-7-16(14-15)10-12-20-19(22)21-13-11-17-8-3-4-9-18(17)23-2/h3-10,12,14H,11,13H2,1-2H3,(H2,20,21,22)/b12-10+. The van der Waals surface area contributed by atoms with Crippen LogP contribution in [0.4, 0.5) is 4.79 Å². The molecule has 0 saturated carbocycles. The van der Waals surface area contributed by atoms with Crippen LogP contribution in [-0.4, -0.2) is 19.7 Å². The van der Waals surface area contributed by atoms with Crippen molar-refractivity contribution in [3.05, 3.63) is 71.4 Å². The third-order valence-corrected chi connectivity index (χ3v) is 3.40. The molecule has 2 rings (SSSR count). The largest absolute Gasteiger partial charge is 0.496 e. The Bertz CT molecular complexity index is 681. The summed E-state index contributed by atoms with van der Waals surface area (Å²) in [6, 6.07) is 15.7. The van der Waals surface area contributed by atoms with E-state index in [4.69, 9.17) is 4.74 Å². The summed E-state index contributed by atoms with van der Waals surface area (Å²) in [5, 5.41) is 5.53. The van der Waals surface area contributed by atoms with Gasteiger partial charge >= 0.3 is 6.03 Å². The van der Waals surface area contributed by atoms with Gasteiger partial charge in [0.2, 0.25) is 0 Å². The molecule has 0 saturated heterocycles. The quantitative estimate of drug-likeness (QED) is 0.858. The summed E-state index contributed by atoms with van der Waals surface area (Å²) in [6.45, 7) is 2.58. The molecule has 0 aliphatic carbocycles. The zero-order valence-electron chi connectivity index (χ0n) is 13.5. The maximum atomic E-state index is 11.7. The molecule has 0 fully saturated rings. The van der Waals surface area contributed by atoms with Crippen LogP contribution in [0.3, 0.4) is 0 Å². The maximum Gasteiger partial charge on any atom is 0.318 e. The highest BCUT2D eigenvalue weighted by Gasteiger charge is 2.02. The number of urea groups is 1. The summed E-state index contributed by atoms with van der Waals surface area (Å²) in [7, 11) is 1.65. The number of nitrogens with one attached hydrogen (secondary N) is 2. The van der Waals surface area contributed by atoms with E-state index in [1.807, 2.05) is 55.5 Å². The average molecular weight is 310 g/mol. The molecule has 0 radical (unpaired) electrons. The normalized spacial score (nSPS) is 10.5. The van der Waals surface area contributed by atoms with Crippen LogP contribution in [0.2, 0.25) is 0 Å². The second-order valence-corrected chi connectivity index (χ2v) is 5.21. The molecule has 2 aromatic carbocycles. The summed E-state index contributed by atoms with van der Waals surface area (Å²) in [4.78, 5) is 11.7.